The van der Waals surface area contributed by atoms with Crippen molar-refractivity contribution in [1.82, 2.24) is 10.6 Å². The van der Waals surface area contributed by atoms with Crippen LogP contribution in [0.1, 0.15) is 22.3 Å². The maximum atomic E-state index is 12.2. The van der Waals surface area contributed by atoms with Crippen LogP contribution in [0, 0.1) is 6.92 Å². The molecule has 0 atom stereocenters. The summed E-state index contributed by atoms with van der Waals surface area (Å²) in [7, 11) is 1.69. The van der Waals surface area contributed by atoms with Crippen LogP contribution < -0.4 is 10.6 Å². The largest absolute Gasteiger partial charge is 0.411 e. The Labute approximate surface area is 180 Å². The molecule has 2 aromatic carbocycles. The number of aliphatic imine (C=N–C) groups is 1. The number of nitrogens with zero attached hydrogens (tertiary/aromatic N) is 1. The first kappa shape index (κ1) is 24.2. The van der Waals surface area contributed by atoms with Gasteiger partial charge < -0.3 is 15.4 Å². The van der Waals surface area contributed by atoms with E-state index in [1.165, 1.54) is 11.1 Å². The molecular weight excluding hydrogens is 482 g/mol. The fourth-order valence-corrected chi connectivity index (χ4v) is 2.51. The molecule has 4 nitrogen and oxygen atoms in total. The van der Waals surface area contributed by atoms with Gasteiger partial charge in [-0.25, -0.2) is 0 Å². The summed E-state index contributed by atoms with van der Waals surface area (Å²) in [5.41, 5.74) is 4.01. The summed E-state index contributed by atoms with van der Waals surface area (Å²) in [6, 6.07) is 15.4. The second kappa shape index (κ2) is 11.9. The first-order valence-electron chi connectivity index (χ1n) is 8.59. The predicted molar refractivity (Wildman–Crippen MR) is 116 cm³/mol. The monoisotopic (exact) mass is 507 g/mol. The van der Waals surface area contributed by atoms with Crippen molar-refractivity contribution < 1.29 is 17.9 Å². The lowest BCUT2D eigenvalue weighted by Crippen LogP contribution is -2.36. The van der Waals surface area contributed by atoms with Crippen molar-refractivity contribution in [3.05, 3.63) is 70.8 Å². The highest BCUT2D eigenvalue weighted by atomic mass is 127. The van der Waals surface area contributed by atoms with Gasteiger partial charge in [-0.3, -0.25) is 4.99 Å². The first-order chi connectivity index (χ1) is 12.9. The molecule has 0 radical (unpaired) electrons. The zero-order chi connectivity index (χ0) is 19.7. The first-order valence-corrected chi connectivity index (χ1v) is 8.59. The summed E-state index contributed by atoms with van der Waals surface area (Å²) in [6.45, 7) is 1.89. The topological polar surface area (TPSA) is 45.7 Å². The van der Waals surface area contributed by atoms with Crippen LogP contribution in [0.15, 0.2) is 53.5 Å². The van der Waals surface area contributed by atoms with E-state index >= 15 is 0 Å². The second-order valence-corrected chi connectivity index (χ2v) is 6.13. The fraction of sp³-hybridized carbons (Fsp3) is 0.350. The molecule has 0 aliphatic carbocycles. The quantitative estimate of drug-likeness (QED) is 0.328. The molecule has 0 heterocycles. The van der Waals surface area contributed by atoms with Crippen molar-refractivity contribution in [2.24, 2.45) is 4.99 Å². The second-order valence-electron chi connectivity index (χ2n) is 6.13. The minimum absolute atomic E-state index is 0. The molecule has 0 spiro atoms. The van der Waals surface area contributed by atoms with E-state index in [1.807, 2.05) is 24.3 Å². The molecule has 0 fully saturated rings. The van der Waals surface area contributed by atoms with E-state index in [9.17, 15) is 13.2 Å². The average molecular weight is 507 g/mol. The van der Waals surface area contributed by atoms with Crippen LogP contribution in [-0.2, 0) is 24.4 Å². The van der Waals surface area contributed by atoms with E-state index in [-0.39, 0.29) is 30.6 Å². The van der Waals surface area contributed by atoms with Crippen LogP contribution in [0.4, 0.5) is 13.2 Å². The molecule has 2 rings (SSSR count). The molecule has 2 aromatic rings. The number of rotatable bonds is 7. The van der Waals surface area contributed by atoms with Gasteiger partial charge in [-0.05, 0) is 29.2 Å². The van der Waals surface area contributed by atoms with Crippen LogP contribution in [0.2, 0.25) is 0 Å². The lowest BCUT2D eigenvalue weighted by Gasteiger charge is -2.14. The molecule has 0 bridgehead atoms. The Kier molecular flexibility index (Phi) is 10.3. The maximum Gasteiger partial charge on any atom is 0.411 e. The van der Waals surface area contributed by atoms with Crippen molar-refractivity contribution in [3.63, 3.8) is 0 Å². The highest BCUT2D eigenvalue weighted by molar-refractivity contribution is 14.0. The van der Waals surface area contributed by atoms with Gasteiger partial charge in [0.25, 0.3) is 0 Å². The number of halogens is 4. The van der Waals surface area contributed by atoms with Crippen LogP contribution in [0.25, 0.3) is 0 Å². The van der Waals surface area contributed by atoms with Gasteiger partial charge in [0.2, 0.25) is 0 Å². The molecule has 8 heteroatoms. The van der Waals surface area contributed by atoms with E-state index in [4.69, 9.17) is 4.74 Å². The molecule has 0 unspecified atom stereocenters. The third-order valence-electron chi connectivity index (χ3n) is 3.92. The van der Waals surface area contributed by atoms with Gasteiger partial charge in [-0.15, -0.1) is 24.0 Å². The van der Waals surface area contributed by atoms with Crippen LogP contribution in [-0.4, -0.2) is 25.8 Å². The highest BCUT2D eigenvalue weighted by Crippen LogP contribution is 2.16. The Hall–Kier alpha value is -1.81. The van der Waals surface area contributed by atoms with E-state index in [2.05, 4.69) is 34.7 Å². The number of benzene rings is 2. The Morgan fingerprint density at radius 2 is 1.68 bits per heavy atom. The number of hydrogen-bond donors (Lipinski definition) is 2. The van der Waals surface area contributed by atoms with Gasteiger partial charge in [0.15, 0.2) is 5.96 Å². The van der Waals surface area contributed by atoms with E-state index in [0.29, 0.717) is 24.6 Å². The molecule has 0 saturated heterocycles. The number of ether oxygens (including phenoxy) is 1. The molecular formula is C20H25F3IN3O. The molecule has 0 aliphatic heterocycles. The summed E-state index contributed by atoms with van der Waals surface area (Å²) in [5, 5.41) is 6.45. The zero-order valence-electron chi connectivity index (χ0n) is 15.8. The van der Waals surface area contributed by atoms with Crippen molar-refractivity contribution in [2.45, 2.75) is 32.8 Å². The van der Waals surface area contributed by atoms with Gasteiger partial charge in [0.1, 0.15) is 6.61 Å². The predicted octanol–water partition coefficient (Wildman–Crippen LogP) is 4.56. The van der Waals surface area contributed by atoms with Crippen LogP contribution >= 0.6 is 24.0 Å². The smallest absolute Gasteiger partial charge is 0.367 e. The number of aryl methyl sites for hydroxylation is 1. The Morgan fingerprint density at radius 3 is 2.36 bits per heavy atom. The third-order valence-corrected chi connectivity index (χ3v) is 3.92. The molecule has 154 valence electrons. The van der Waals surface area contributed by atoms with Crippen molar-refractivity contribution in [3.8, 4) is 0 Å². The normalized spacial score (nSPS) is 11.7. The highest BCUT2D eigenvalue weighted by Gasteiger charge is 2.27. The molecule has 0 aliphatic rings. The summed E-state index contributed by atoms with van der Waals surface area (Å²) in [5.74, 6) is 0.650. The average Bonchev–Trinajstić information content (AvgIpc) is 2.62. The Balaban J connectivity index is 0.00000392. The van der Waals surface area contributed by atoms with Gasteiger partial charge in [-0.2, -0.15) is 13.2 Å². The number of hydrogen-bond acceptors (Lipinski definition) is 2. The van der Waals surface area contributed by atoms with Gasteiger partial charge in [-0.1, -0.05) is 48.5 Å². The third kappa shape index (κ3) is 8.92. The van der Waals surface area contributed by atoms with Crippen molar-refractivity contribution in [1.29, 1.82) is 0 Å². The zero-order valence-corrected chi connectivity index (χ0v) is 18.2. The lowest BCUT2D eigenvalue weighted by molar-refractivity contribution is -0.176. The molecule has 28 heavy (non-hydrogen) atoms. The van der Waals surface area contributed by atoms with Crippen molar-refractivity contribution >= 4 is 29.9 Å². The Morgan fingerprint density at radius 1 is 1.00 bits per heavy atom. The molecule has 0 amide bonds. The van der Waals surface area contributed by atoms with Crippen molar-refractivity contribution in [2.75, 3.05) is 13.7 Å². The summed E-state index contributed by atoms with van der Waals surface area (Å²) in [6.07, 6.45) is -4.31. The van der Waals surface area contributed by atoms with Crippen LogP contribution in [0.5, 0.6) is 0 Å². The summed E-state index contributed by atoms with van der Waals surface area (Å²) < 4.78 is 41.2. The Bertz CT molecular complexity index is 766. The number of guanidine groups is 1. The van der Waals surface area contributed by atoms with E-state index < -0.39 is 12.8 Å². The molecule has 0 saturated carbocycles. The minimum Gasteiger partial charge on any atom is -0.367 e. The molecule has 0 aromatic heterocycles. The lowest BCUT2D eigenvalue weighted by atomic mass is 10.1. The summed E-state index contributed by atoms with van der Waals surface area (Å²) in [4.78, 5) is 4.19. The van der Waals surface area contributed by atoms with Gasteiger partial charge in [0.05, 0.1) is 6.61 Å². The van der Waals surface area contributed by atoms with E-state index in [1.54, 1.807) is 19.2 Å². The van der Waals surface area contributed by atoms with Gasteiger partial charge >= 0.3 is 6.18 Å². The standard InChI is InChI=1S/C20H24F3N3O.HI/c1-15-6-3-4-9-18(15)12-26-19(24-2)25-11-16-7-5-8-17(10-16)13-27-14-20(21,22)23;/h3-10H,11-14H2,1-2H3,(H2,24,25,26);1H. The SMILES string of the molecule is CN=C(NCc1cccc(COCC(F)(F)F)c1)NCc1ccccc1C.I. The maximum absolute atomic E-state index is 12.2. The molecule has 2 N–H and O–H groups in total. The van der Waals surface area contributed by atoms with Gasteiger partial charge in [0, 0.05) is 20.1 Å². The summed E-state index contributed by atoms with van der Waals surface area (Å²) >= 11 is 0. The number of alkyl halides is 3. The minimum atomic E-state index is -4.31. The fourth-order valence-electron chi connectivity index (χ4n) is 2.51. The van der Waals surface area contributed by atoms with Crippen LogP contribution in [0.3, 0.4) is 0 Å². The number of nitrogens with one attached hydrogen (secondary N) is 2. The van der Waals surface area contributed by atoms with E-state index in [0.717, 1.165) is 5.56 Å².